The Morgan fingerprint density at radius 1 is 1.33 bits per heavy atom. The molecule has 1 N–H and O–H groups in total. The standard InChI is InChI=1S/C20H18BrN3O4S2/c1-4-28-19(27)15-10(2)11(3)30-17(15)22-9-14-16(25)23-20(29)24(18(14)26)13-7-5-12(21)6-8-13/h5-9,14H,4H2,1-3H3,(H,23,25,29)/t14-/m0/s1. The predicted octanol–water partition coefficient (Wildman–Crippen LogP) is 4.07. The van der Waals surface area contributed by atoms with Crippen molar-refractivity contribution in [1.29, 1.82) is 0 Å². The van der Waals surface area contributed by atoms with Gasteiger partial charge in [0.2, 0.25) is 5.91 Å². The van der Waals surface area contributed by atoms with Crippen LogP contribution in [0, 0.1) is 19.8 Å². The van der Waals surface area contributed by atoms with Crippen molar-refractivity contribution in [3.8, 4) is 0 Å². The zero-order chi connectivity index (χ0) is 22.0. The second kappa shape index (κ2) is 9.15. The number of esters is 1. The summed E-state index contributed by atoms with van der Waals surface area (Å²) in [6.45, 7) is 5.64. The summed E-state index contributed by atoms with van der Waals surface area (Å²) < 4.78 is 5.96. The molecule has 0 radical (unpaired) electrons. The van der Waals surface area contributed by atoms with Gasteiger partial charge in [-0.3, -0.25) is 14.5 Å². The number of aliphatic imine (C=N–C) groups is 1. The molecule has 0 bridgehead atoms. The van der Waals surface area contributed by atoms with Crippen molar-refractivity contribution in [2.75, 3.05) is 11.5 Å². The van der Waals surface area contributed by atoms with E-state index in [-0.39, 0.29) is 11.7 Å². The number of hydrogen-bond donors (Lipinski definition) is 1. The first-order valence-electron chi connectivity index (χ1n) is 9.00. The van der Waals surface area contributed by atoms with E-state index in [4.69, 9.17) is 17.0 Å². The number of nitrogens with one attached hydrogen (secondary N) is 1. The number of benzene rings is 1. The monoisotopic (exact) mass is 507 g/mol. The lowest BCUT2D eigenvalue weighted by Crippen LogP contribution is -2.58. The molecule has 1 aromatic carbocycles. The largest absolute Gasteiger partial charge is 0.462 e. The second-order valence-electron chi connectivity index (χ2n) is 6.38. The van der Waals surface area contributed by atoms with Gasteiger partial charge in [0.05, 0.1) is 17.9 Å². The Morgan fingerprint density at radius 3 is 2.63 bits per heavy atom. The van der Waals surface area contributed by atoms with E-state index in [1.807, 2.05) is 13.8 Å². The molecule has 0 aliphatic carbocycles. The fraction of sp³-hybridized carbons (Fsp3) is 0.250. The molecule has 2 aromatic rings. The molecule has 2 amide bonds. The van der Waals surface area contributed by atoms with E-state index in [0.29, 0.717) is 16.3 Å². The topological polar surface area (TPSA) is 88.1 Å². The van der Waals surface area contributed by atoms with Gasteiger partial charge in [0.25, 0.3) is 5.91 Å². The predicted molar refractivity (Wildman–Crippen MR) is 124 cm³/mol. The van der Waals surface area contributed by atoms with Gasteiger partial charge in [-0.1, -0.05) is 15.9 Å². The van der Waals surface area contributed by atoms with Gasteiger partial charge in [0.1, 0.15) is 5.00 Å². The van der Waals surface area contributed by atoms with E-state index in [9.17, 15) is 14.4 Å². The van der Waals surface area contributed by atoms with Crippen molar-refractivity contribution in [3.05, 3.63) is 44.7 Å². The first-order valence-corrected chi connectivity index (χ1v) is 11.0. The minimum Gasteiger partial charge on any atom is -0.462 e. The van der Waals surface area contributed by atoms with Crippen LogP contribution in [0.3, 0.4) is 0 Å². The highest BCUT2D eigenvalue weighted by Gasteiger charge is 2.38. The molecule has 2 heterocycles. The van der Waals surface area contributed by atoms with Gasteiger partial charge in [-0.05, 0) is 62.8 Å². The highest BCUT2D eigenvalue weighted by Crippen LogP contribution is 2.35. The molecule has 1 fully saturated rings. The third-order valence-electron chi connectivity index (χ3n) is 4.47. The van der Waals surface area contributed by atoms with Crippen molar-refractivity contribution >= 4 is 79.3 Å². The van der Waals surface area contributed by atoms with Crippen LogP contribution in [0.5, 0.6) is 0 Å². The zero-order valence-electron chi connectivity index (χ0n) is 16.4. The summed E-state index contributed by atoms with van der Waals surface area (Å²) in [5.74, 6) is -2.75. The molecule has 0 unspecified atom stereocenters. The quantitative estimate of drug-likeness (QED) is 0.285. The number of carbonyl (C=O) groups excluding carboxylic acids is 3. The maximum Gasteiger partial charge on any atom is 0.341 e. The molecule has 10 heteroatoms. The Hall–Kier alpha value is -2.43. The Bertz CT molecular complexity index is 1060. The average molecular weight is 508 g/mol. The number of aryl methyl sites for hydroxylation is 1. The average Bonchev–Trinajstić information content (AvgIpc) is 2.97. The molecule has 30 heavy (non-hydrogen) atoms. The minimum absolute atomic E-state index is 0.00648. The lowest BCUT2D eigenvalue weighted by molar-refractivity contribution is -0.130. The Morgan fingerprint density at radius 2 is 2.00 bits per heavy atom. The van der Waals surface area contributed by atoms with Crippen molar-refractivity contribution in [2.24, 2.45) is 10.9 Å². The Labute approximate surface area is 191 Å². The number of thiocarbonyl (C=S) groups is 1. The fourth-order valence-electron chi connectivity index (χ4n) is 2.84. The molecule has 7 nitrogen and oxygen atoms in total. The van der Waals surface area contributed by atoms with E-state index < -0.39 is 23.7 Å². The molecule has 1 atom stereocenters. The highest BCUT2D eigenvalue weighted by atomic mass is 79.9. The van der Waals surface area contributed by atoms with Crippen molar-refractivity contribution < 1.29 is 19.1 Å². The number of halogens is 1. The summed E-state index contributed by atoms with van der Waals surface area (Å²) in [6.07, 6.45) is 1.25. The number of rotatable bonds is 5. The summed E-state index contributed by atoms with van der Waals surface area (Å²) >= 11 is 9.83. The van der Waals surface area contributed by atoms with Crippen LogP contribution in [0.2, 0.25) is 0 Å². The molecular formula is C20H18BrN3O4S2. The van der Waals surface area contributed by atoms with Crippen molar-refractivity contribution in [3.63, 3.8) is 0 Å². The Balaban J connectivity index is 1.93. The van der Waals surface area contributed by atoms with Crippen LogP contribution in [-0.4, -0.2) is 35.7 Å². The lowest BCUT2D eigenvalue weighted by atomic mass is 10.1. The fourth-order valence-corrected chi connectivity index (χ4v) is 4.40. The van der Waals surface area contributed by atoms with Gasteiger partial charge in [0.15, 0.2) is 11.0 Å². The number of thiophene rings is 1. The van der Waals surface area contributed by atoms with E-state index in [1.165, 1.54) is 22.5 Å². The van der Waals surface area contributed by atoms with Crippen LogP contribution in [0.15, 0.2) is 33.7 Å². The van der Waals surface area contributed by atoms with Gasteiger partial charge in [-0.2, -0.15) is 0 Å². The van der Waals surface area contributed by atoms with Gasteiger partial charge >= 0.3 is 5.97 Å². The van der Waals surface area contributed by atoms with Gasteiger partial charge < -0.3 is 10.1 Å². The highest BCUT2D eigenvalue weighted by molar-refractivity contribution is 9.10. The summed E-state index contributed by atoms with van der Waals surface area (Å²) in [5.41, 5.74) is 1.64. The van der Waals surface area contributed by atoms with Crippen LogP contribution >= 0.6 is 39.5 Å². The van der Waals surface area contributed by atoms with E-state index in [0.717, 1.165) is 14.9 Å². The normalized spacial score (nSPS) is 16.9. The third-order valence-corrected chi connectivity index (χ3v) is 6.40. The first kappa shape index (κ1) is 22.3. The smallest absolute Gasteiger partial charge is 0.341 e. The maximum atomic E-state index is 13.0. The molecule has 1 aliphatic heterocycles. The summed E-state index contributed by atoms with van der Waals surface area (Å²) in [7, 11) is 0. The van der Waals surface area contributed by atoms with Crippen LogP contribution in [0.25, 0.3) is 0 Å². The number of hydrogen-bond acceptors (Lipinski definition) is 7. The van der Waals surface area contributed by atoms with E-state index in [2.05, 4.69) is 26.2 Å². The first-order chi connectivity index (χ1) is 14.2. The molecule has 0 saturated carbocycles. The van der Waals surface area contributed by atoms with Crippen molar-refractivity contribution in [1.82, 2.24) is 5.32 Å². The molecule has 1 aromatic heterocycles. The van der Waals surface area contributed by atoms with E-state index >= 15 is 0 Å². The van der Waals surface area contributed by atoms with Crippen LogP contribution in [0.1, 0.15) is 27.7 Å². The third kappa shape index (κ3) is 4.35. The molecule has 1 saturated heterocycles. The number of ether oxygens (including phenoxy) is 1. The summed E-state index contributed by atoms with van der Waals surface area (Å²) in [6, 6.07) is 6.97. The zero-order valence-corrected chi connectivity index (χ0v) is 19.6. The minimum atomic E-state index is -1.18. The second-order valence-corrected chi connectivity index (χ2v) is 8.89. The van der Waals surface area contributed by atoms with Gasteiger partial charge in [0, 0.05) is 15.6 Å². The van der Waals surface area contributed by atoms with Crippen molar-refractivity contribution in [2.45, 2.75) is 20.8 Å². The number of nitrogens with zero attached hydrogens (tertiary/aromatic N) is 2. The van der Waals surface area contributed by atoms with Crippen LogP contribution in [0.4, 0.5) is 10.7 Å². The molecule has 3 rings (SSSR count). The molecule has 0 spiro atoms. The molecule has 156 valence electrons. The van der Waals surface area contributed by atoms with Crippen LogP contribution < -0.4 is 10.2 Å². The number of amides is 2. The SMILES string of the molecule is CCOC(=O)c1c(N=C[C@H]2C(=O)NC(=S)N(c3ccc(Br)cc3)C2=O)sc(C)c1C. The Kier molecular flexibility index (Phi) is 6.79. The lowest BCUT2D eigenvalue weighted by Gasteiger charge is -2.30. The van der Waals surface area contributed by atoms with Gasteiger partial charge in [-0.25, -0.2) is 9.79 Å². The molecule has 1 aliphatic rings. The van der Waals surface area contributed by atoms with Crippen LogP contribution in [-0.2, 0) is 14.3 Å². The van der Waals surface area contributed by atoms with E-state index in [1.54, 1.807) is 31.2 Å². The summed E-state index contributed by atoms with van der Waals surface area (Å²) in [5, 5.41) is 2.94. The van der Waals surface area contributed by atoms with Gasteiger partial charge in [-0.15, -0.1) is 11.3 Å². The summed E-state index contributed by atoms with van der Waals surface area (Å²) in [4.78, 5) is 44.3. The number of anilines is 1. The number of carbonyl (C=O) groups is 3. The maximum absolute atomic E-state index is 13.0. The molecular weight excluding hydrogens is 490 g/mol.